The first-order valence-electron chi connectivity index (χ1n) is 14.7. The van der Waals surface area contributed by atoms with Gasteiger partial charge in [-0.25, -0.2) is 0 Å². The highest BCUT2D eigenvalue weighted by Gasteiger charge is 2.49. The summed E-state index contributed by atoms with van der Waals surface area (Å²) in [6.07, 6.45) is 8.75. The Bertz CT molecular complexity index is 1490. The van der Waals surface area contributed by atoms with Gasteiger partial charge in [-0.05, 0) is 67.7 Å². The molecule has 7 heteroatoms. The molecule has 7 nitrogen and oxygen atoms in total. The predicted molar refractivity (Wildman–Crippen MR) is 156 cm³/mol. The van der Waals surface area contributed by atoms with E-state index in [9.17, 15) is 14.4 Å². The molecule has 0 saturated carbocycles. The molecule has 208 valence electrons. The number of benzene rings is 2. The van der Waals surface area contributed by atoms with Gasteiger partial charge < -0.3 is 20.5 Å². The normalized spacial score (nSPS) is 20.5. The smallest absolute Gasteiger partial charge is 0.255 e. The van der Waals surface area contributed by atoms with Crippen LogP contribution in [0.3, 0.4) is 0 Å². The average molecular weight is 539 g/mol. The Labute approximate surface area is 235 Å². The van der Waals surface area contributed by atoms with E-state index in [2.05, 4.69) is 41.6 Å². The second kappa shape index (κ2) is 11.0. The van der Waals surface area contributed by atoms with Crippen molar-refractivity contribution in [1.82, 2.24) is 20.5 Å². The van der Waals surface area contributed by atoms with Gasteiger partial charge in [0.25, 0.3) is 5.91 Å². The molecule has 2 aliphatic heterocycles. The molecule has 1 aliphatic carbocycles. The second-order valence-electron chi connectivity index (χ2n) is 11.8. The molecule has 40 heavy (non-hydrogen) atoms. The third kappa shape index (κ3) is 4.82. The van der Waals surface area contributed by atoms with Crippen LogP contribution in [0.15, 0.2) is 60.2 Å². The van der Waals surface area contributed by atoms with Crippen LogP contribution in [0.2, 0.25) is 0 Å². The van der Waals surface area contributed by atoms with Crippen LogP contribution in [0.25, 0.3) is 10.9 Å². The number of hydrogen-bond donors (Lipinski definition) is 3. The third-order valence-corrected chi connectivity index (χ3v) is 8.62. The number of amides is 3. The topological polar surface area (TPSA) is 94.3 Å². The first-order valence-corrected chi connectivity index (χ1v) is 14.7. The number of hydrogen-bond acceptors (Lipinski definition) is 3. The number of nitrogens with zero attached hydrogens (tertiary/aromatic N) is 1. The van der Waals surface area contributed by atoms with Crippen molar-refractivity contribution in [3.63, 3.8) is 0 Å². The molecule has 3 aliphatic rings. The van der Waals surface area contributed by atoms with Gasteiger partial charge in [0, 0.05) is 35.1 Å². The van der Waals surface area contributed by atoms with Crippen molar-refractivity contribution in [2.45, 2.75) is 76.9 Å². The summed E-state index contributed by atoms with van der Waals surface area (Å²) < 4.78 is 0. The Morgan fingerprint density at radius 3 is 2.67 bits per heavy atom. The molecular formula is C33H38N4O3. The molecule has 2 aromatic carbocycles. The maximum atomic E-state index is 14.0. The predicted octanol–water partition coefficient (Wildman–Crippen LogP) is 5.18. The van der Waals surface area contributed by atoms with Crippen LogP contribution in [0.5, 0.6) is 0 Å². The Morgan fingerprint density at radius 2 is 1.88 bits per heavy atom. The van der Waals surface area contributed by atoms with Crippen LogP contribution in [0.1, 0.15) is 85.6 Å². The van der Waals surface area contributed by atoms with Crippen LogP contribution < -0.4 is 10.6 Å². The summed E-state index contributed by atoms with van der Waals surface area (Å²) in [6.45, 7) is 4.67. The molecule has 0 saturated heterocycles. The van der Waals surface area contributed by atoms with Gasteiger partial charge >= 0.3 is 0 Å². The molecule has 3 N–H and O–H groups in total. The summed E-state index contributed by atoms with van der Waals surface area (Å²) in [4.78, 5) is 46.3. The maximum Gasteiger partial charge on any atom is 0.255 e. The standard InChI is InChI=1S/C33H38N4O3/c1-20(2)18-27(31(38)34-17-16-21-10-4-3-5-11-21)36-32(39)28-19-25-22-12-8-9-15-26(22)35-29(25)30-23-13-6-7-14-24(23)33(40)37(28)30/h6-10,12-15,20,27-28,30,35H,3-5,11,16-19H2,1-2H3,(H,34,38)(H,36,39)/t27-,28-,30-/m0/s1. The fourth-order valence-corrected chi connectivity index (χ4v) is 6.71. The van der Waals surface area contributed by atoms with Crippen molar-refractivity contribution >= 4 is 28.6 Å². The number of para-hydroxylation sites is 1. The molecule has 0 radical (unpaired) electrons. The van der Waals surface area contributed by atoms with Crippen LogP contribution in [-0.4, -0.2) is 46.2 Å². The molecule has 0 unspecified atom stereocenters. The van der Waals surface area contributed by atoms with Crippen molar-refractivity contribution in [3.8, 4) is 0 Å². The Morgan fingerprint density at radius 1 is 1.07 bits per heavy atom. The highest BCUT2D eigenvalue weighted by atomic mass is 16.2. The van der Waals surface area contributed by atoms with E-state index < -0.39 is 12.1 Å². The zero-order valence-electron chi connectivity index (χ0n) is 23.3. The number of carbonyl (C=O) groups excluding carboxylic acids is 3. The molecule has 0 bridgehead atoms. The fraction of sp³-hybridized carbons (Fsp3) is 0.424. The molecule has 6 rings (SSSR count). The minimum Gasteiger partial charge on any atom is -0.356 e. The highest BCUT2D eigenvalue weighted by molar-refractivity contribution is 6.04. The largest absolute Gasteiger partial charge is 0.356 e. The summed E-state index contributed by atoms with van der Waals surface area (Å²) in [5, 5.41) is 7.21. The van der Waals surface area contributed by atoms with Crippen LogP contribution in [-0.2, 0) is 16.0 Å². The summed E-state index contributed by atoms with van der Waals surface area (Å²) in [7, 11) is 0. The van der Waals surface area contributed by atoms with Gasteiger partial charge in [-0.15, -0.1) is 0 Å². The van der Waals surface area contributed by atoms with E-state index in [0.717, 1.165) is 47.0 Å². The van der Waals surface area contributed by atoms with E-state index in [4.69, 9.17) is 0 Å². The van der Waals surface area contributed by atoms with E-state index in [1.807, 2.05) is 42.5 Å². The van der Waals surface area contributed by atoms with Crippen molar-refractivity contribution in [2.75, 3.05) is 6.54 Å². The first kappa shape index (κ1) is 26.4. The fourth-order valence-electron chi connectivity index (χ4n) is 6.71. The van der Waals surface area contributed by atoms with Gasteiger partial charge in [0.15, 0.2) is 0 Å². The monoisotopic (exact) mass is 538 g/mol. The molecule has 0 fully saturated rings. The van der Waals surface area contributed by atoms with Gasteiger partial charge in [-0.1, -0.05) is 61.9 Å². The van der Waals surface area contributed by atoms with Crippen LogP contribution >= 0.6 is 0 Å². The highest BCUT2D eigenvalue weighted by Crippen LogP contribution is 2.46. The molecule has 3 atom stereocenters. The second-order valence-corrected chi connectivity index (χ2v) is 11.8. The molecule has 1 aromatic heterocycles. The van der Waals surface area contributed by atoms with E-state index in [1.54, 1.807) is 4.90 Å². The van der Waals surface area contributed by atoms with E-state index in [0.29, 0.717) is 24.9 Å². The van der Waals surface area contributed by atoms with Gasteiger partial charge in [0.05, 0.1) is 6.04 Å². The molecule has 3 heterocycles. The van der Waals surface area contributed by atoms with E-state index in [1.165, 1.54) is 18.4 Å². The number of rotatable bonds is 8. The van der Waals surface area contributed by atoms with Crippen LogP contribution in [0.4, 0.5) is 0 Å². The summed E-state index contributed by atoms with van der Waals surface area (Å²) >= 11 is 0. The minimum atomic E-state index is -0.716. The zero-order chi connectivity index (χ0) is 27.8. The Kier molecular flexibility index (Phi) is 7.22. The lowest BCUT2D eigenvalue weighted by Gasteiger charge is -2.37. The number of H-pyrrole nitrogens is 1. The Balaban J connectivity index is 1.26. The summed E-state index contributed by atoms with van der Waals surface area (Å²) in [5.74, 6) is -0.364. The molecule has 3 amide bonds. The lowest BCUT2D eigenvalue weighted by molar-refractivity contribution is -0.132. The number of carbonyl (C=O) groups is 3. The molecular weight excluding hydrogens is 500 g/mol. The summed E-state index contributed by atoms with van der Waals surface area (Å²) in [6, 6.07) is 14.0. The van der Waals surface area contributed by atoms with Crippen LogP contribution in [0, 0.1) is 5.92 Å². The number of nitrogens with one attached hydrogen (secondary N) is 3. The average Bonchev–Trinajstić information content (AvgIpc) is 3.48. The van der Waals surface area contributed by atoms with E-state index in [-0.39, 0.29) is 29.7 Å². The number of allylic oxidation sites excluding steroid dienone is 1. The minimum absolute atomic E-state index is 0.143. The first-order chi connectivity index (χ1) is 19.4. The van der Waals surface area contributed by atoms with Gasteiger partial charge in [0.2, 0.25) is 11.8 Å². The van der Waals surface area contributed by atoms with Gasteiger partial charge in [-0.2, -0.15) is 0 Å². The zero-order valence-corrected chi connectivity index (χ0v) is 23.3. The third-order valence-electron chi connectivity index (χ3n) is 8.62. The lowest BCUT2D eigenvalue weighted by atomic mass is 9.89. The number of aromatic amines is 1. The quantitative estimate of drug-likeness (QED) is 0.345. The molecule has 0 spiro atoms. The van der Waals surface area contributed by atoms with E-state index >= 15 is 0 Å². The maximum absolute atomic E-state index is 14.0. The Hall–Kier alpha value is -3.87. The number of fused-ring (bicyclic) bond motifs is 7. The van der Waals surface area contributed by atoms with Crippen molar-refractivity contribution < 1.29 is 14.4 Å². The van der Waals surface area contributed by atoms with Crippen molar-refractivity contribution in [3.05, 3.63) is 82.6 Å². The van der Waals surface area contributed by atoms with Crippen molar-refractivity contribution in [1.29, 1.82) is 0 Å². The SMILES string of the molecule is CC(C)C[C@H](NC(=O)[C@@H]1Cc2c([nH]c3ccccc23)[C@@H]2c3ccccc3C(=O)N21)C(=O)NCCC1=CCCCC1. The summed E-state index contributed by atoms with van der Waals surface area (Å²) in [5.41, 5.74) is 5.97. The van der Waals surface area contributed by atoms with Gasteiger partial charge in [-0.3, -0.25) is 14.4 Å². The van der Waals surface area contributed by atoms with Gasteiger partial charge in [0.1, 0.15) is 12.1 Å². The number of aromatic nitrogens is 1. The lowest BCUT2D eigenvalue weighted by Crippen LogP contribution is -2.56. The molecule has 3 aromatic rings. The van der Waals surface area contributed by atoms with Crippen molar-refractivity contribution in [2.24, 2.45) is 5.92 Å².